The van der Waals surface area contributed by atoms with Crippen molar-refractivity contribution < 1.29 is 14.6 Å². The highest BCUT2D eigenvalue weighted by Crippen LogP contribution is 2.55. The Balaban J connectivity index is 2.01. The molecule has 3 nitrogen and oxygen atoms in total. The molecule has 1 heterocycles. The van der Waals surface area contributed by atoms with E-state index in [0.29, 0.717) is 0 Å². The molecule has 2 aliphatic rings. The summed E-state index contributed by atoms with van der Waals surface area (Å²) in [6.07, 6.45) is 3.12. The van der Waals surface area contributed by atoms with Crippen molar-refractivity contribution in [2.45, 2.75) is 31.1 Å². The van der Waals surface area contributed by atoms with Crippen LogP contribution >= 0.6 is 0 Å². The van der Waals surface area contributed by atoms with E-state index >= 15 is 0 Å². The molecule has 1 fully saturated rings. The largest absolute Gasteiger partial charge is 0.493 e. The van der Waals surface area contributed by atoms with Gasteiger partial charge in [-0.25, -0.2) is 0 Å². The molecular weight excluding hydrogens is 204 g/mol. The third-order valence-electron chi connectivity index (χ3n) is 3.63. The van der Waals surface area contributed by atoms with Crippen LogP contribution in [0.3, 0.4) is 0 Å². The zero-order valence-electron chi connectivity index (χ0n) is 9.03. The Hall–Kier alpha value is -1.51. The van der Waals surface area contributed by atoms with Gasteiger partial charge in [-0.2, -0.15) is 0 Å². The van der Waals surface area contributed by atoms with Gasteiger partial charge in [0.15, 0.2) is 0 Å². The van der Waals surface area contributed by atoms with Gasteiger partial charge in [-0.3, -0.25) is 4.79 Å². The topological polar surface area (TPSA) is 46.5 Å². The Kier molecular flexibility index (Phi) is 1.96. The predicted molar refractivity (Wildman–Crippen MR) is 58.8 cm³/mol. The van der Waals surface area contributed by atoms with Crippen LogP contribution < -0.4 is 4.74 Å². The number of ether oxygens (including phenoxy) is 1. The molecule has 1 aliphatic carbocycles. The first-order chi connectivity index (χ1) is 7.71. The number of para-hydroxylation sites is 1. The second-order valence-corrected chi connectivity index (χ2v) is 4.74. The molecule has 84 valence electrons. The lowest BCUT2D eigenvalue weighted by atomic mass is 9.90. The van der Waals surface area contributed by atoms with Crippen LogP contribution in [0.25, 0.3) is 0 Å². The second-order valence-electron chi connectivity index (χ2n) is 4.74. The molecule has 0 atom stereocenters. The molecule has 0 amide bonds. The molecule has 1 saturated carbocycles. The van der Waals surface area contributed by atoms with Gasteiger partial charge >= 0.3 is 5.97 Å². The van der Waals surface area contributed by atoms with Gasteiger partial charge in [-0.05, 0) is 18.4 Å². The molecule has 1 aliphatic heterocycles. The number of fused-ring (bicyclic) bond motifs is 1. The van der Waals surface area contributed by atoms with Crippen molar-refractivity contribution in [3.63, 3.8) is 0 Å². The lowest BCUT2D eigenvalue weighted by molar-refractivity contribution is -0.137. The number of carboxylic acid groups (broad SMARTS) is 1. The van der Waals surface area contributed by atoms with Crippen LogP contribution in [0.15, 0.2) is 18.2 Å². The van der Waals surface area contributed by atoms with E-state index in [9.17, 15) is 4.79 Å². The smallest absolute Gasteiger partial charge is 0.304 e. The monoisotopic (exact) mass is 218 g/mol. The molecule has 0 bridgehead atoms. The quantitative estimate of drug-likeness (QED) is 0.845. The Morgan fingerprint density at radius 3 is 2.94 bits per heavy atom. The summed E-state index contributed by atoms with van der Waals surface area (Å²) in [5.74, 6) is 0.245. The fourth-order valence-electron chi connectivity index (χ4n) is 2.61. The molecule has 0 unspecified atom stereocenters. The normalized spacial score (nSPS) is 20.0. The standard InChI is InChI=1S/C13H14O3/c14-11(15)8-13(5-6-13)10-3-1-2-9-4-7-16-12(9)10/h1-3H,4-8H2,(H,14,15). The van der Waals surface area contributed by atoms with Gasteiger partial charge in [0.25, 0.3) is 0 Å². The van der Waals surface area contributed by atoms with Gasteiger partial charge in [-0.15, -0.1) is 0 Å². The van der Waals surface area contributed by atoms with Crippen molar-refractivity contribution in [3.8, 4) is 5.75 Å². The third-order valence-corrected chi connectivity index (χ3v) is 3.63. The molecule has 0 radical (unpaired) electrons. The fraction of sp³-hybridized carbons (Fsp3) is 0.462. The minimum atomic E-state index is -0.715. The minimum absolute atomic E-state index is 0.137. The van der Waals surface area contributed by atoms with Gasteiger partial charge in [0.2, 0.25) is 0 Å². The van der Waals surface area contributed by atoms with Gasteiger partial charge in [0, 0.05) is 17.4 Å². The lowest BCUT2D eigenvalue weighted by Crippen LogP contribution is -2.13. The first kappa shape index (κ1) is 9.70. The van der Waals surface area contributed by atoms with E-state index in [1.54, 1.807) is 0 Å². The van der Waals surface area contributed by atoms with Crippen LogP contribution in [0.4, 0.5) is 0 Å². The van der Waals surface area contributed by atoms with Crippen LogP contribution in [0.5, 0.6) is 5.75 Å². The molecule has 3 rings (SSSR count). The van der Waals surface area contributed by atoms with Crippen molar-refractivity contribution in [3.05, 3.63) is 29.3 Å². The molecule has 0 aromatic heterocycles. The van der Waals surface area contributed by atoms with Gasteiger partial charge in [-0.1, -0.05) is 18.2 Å². The van der Waals surface area contributed by atoms with Crippen molar-refractivity contribution in [2.24, 2.45) is 0 Å². The molecule has 0 saturated heterocycles. The van der Waals surface area contributed by atoms with E-state index in [0.717, 1.165) is 37.2 Å². The van der Waals surface area contributed by atoms with Crippen molar-refractivity contribution in [1.82, 2.24) is 0 Å². The summed E-state index contributed by atoms with van der Waals surface area (Å²) < 4.78 is 5.64. The number of benzene rings is 1. The van der Waals surface area contributed by atoms with E-state index in [4.69, 9.17) is 9.84 Å². The van der Waals surface area contributed by atoms with Crippen molar-refractivity contribution in [1.29, 1.82) is 0 Å². The van der Waals surface area contributed by atoms with E-state index in [-0.39, 0.29) is 11.8 Å². The minimum Gasteiger partial charge on any atom is -0.493 e. The summed E-state index contributed by atoms with van der Waals surface area (Å²) in [5.41, 5.74) is 2.21. The summed E-state index contributed by atoms with van der Waals surface area (Å²) in [7, 11) is 0. The fourth-order valence-corrected chi connectivity index (χ4v) is 2.61. The van der Waals surface area contributed by atoms with Crippen LogP contribution in [0.2, 0.25) is 0 Å². The molecule has 1 N–H and O–H groups in total. The van der Waals surface area contributed by atoms with Crippen LogP contribution in [0.1, 0.15) is 30.4 Å². The predicted octanol–water partition coefficient (Wildman–Crippen LogP) is 2.13. The number of hydrogen-bond acceptors (Lipinski definition) is 2. The van der Waals surface area contributed by atoms with Crippen molar-refractivity contribution >= 4 is 5.97 Å². The van der Waals surface area contributed by atoms with Crippen LogP contribution in [-0.4, -0.2) is 17.7 Å². The summed E-state index contributed by atoms with van der Waals surface area (Å²) in [5, 5.41) is 8.96. The molecule has 1 aromatic rings. The molecule has 1 aromatic carbocycles. The average Bonchev–Trinajstić information content (AvgIpc) is 2.85. The van der Waals surface area contributed by atoms with E-state index < -0.39 is 5.97 Å². The van der Waals surface area contributed by atoms with Crippen molar-refractivity contribution in [2.75, 3.05) is 6.61 Å². The van der Waals surface area contributed by atoms with E-state index in [1.165, 1.54) is 5.56 Å². The zero-order chi connectivity index (χ0) is 11.2. The Morgan fingerprint density at radius 1 is 1.44 bits per heavy atom. The number of hydrogen-bond donors (Lipinski definition) is 1. The summed E-state index contributed by atoms with van der Waals surface area (Å²) in [4.78, 5) is 10.9. The third kappa shape index (κ3) is 1.39. The highest BCUT2D eigenvalue weighted by molar-refractivity contribution is 5.71. The number of aliphatic carboxylic acids is 1. The molecule has 3 heteroatoms. The summed E-state index contributed by atoms with van der Waals surface area (Å²) >= 11 is 0. The molecule has 0 spiro atoms. The SMILES string of the molecule is O=C(O)CC1(c2cccc3c2OCC3)CC1. The summed E-state index contributed by atoms with van der Waals surface area (Å²) in [6, 6.07) is 6.12. The Bertz CT molecular complexity index is 446. The van der Waals surface area contributed by atoms with Gasteiger partial charge in [0.05, 0.1) is 13.0 Å². The van der Waals surface area contributed by atoms with Crippen LogP contribution in [0, 0.1) is 0 Å². The number of carbonyl (C=O) groups is 1. The number of carboxylic acids is 1. The van der Waals surface area contributed by atoms with Gasteiger partial charge < -0.3 is 9.84 Å². The maximum absolute atomic E-state index is 10.9. The molecular formula is C13H14O3. The maximum Gasteiger partial charge on any atom is 0.304 e. The average molecular weight is 218 g/mol. The first-order valence-electron chi connectivity index (χ1n) is 5.68. The maximum atomic E-state index is 10.9. The molecule has 16 heavy (non-hydrogen) atoms. The Morgan fingerprint density at radius 2 is 2.25 bits per heavy atom. The van der Waals surface area contributed by atoms with Crippen LogP contribution in [-0.2, 0) is 16.6 Å². The Labute approximate surface area is 94.0 Å². The number of rotatable bonds is 3. The summed E-state index contributed by atoms with van der Waals surface area (Å²) in [6.45, 7) is 0.732. The van der Waals surface area contributed by atoms with Gasteiger partial charge in [0.1, 0.15) is 5.75 Å². The zero-order valence-corrected chi connectivity index (χ0v) is 9.03. The highest BCUT2D eigenvalue weighted by Gasteiger charge is 2.48. The van der Waals surface area contributed by atoms with E-state index in [1.807, 2.05) is 12.1 Å². The lowest BCUT2D eigenvalue weighted by Gasteiger charge is -2.16. The first-order valence-corrected chi connectivity index (χ1v) is 5.68. The van der Waals surface area contributed by atoms with E-state index in [2.05, 4.69) is 6.07 Å². The second kappa shape index (κ2) is 3.24. The highest BCUT2D eigenvalue weighted by atomic mass is 16.5.